The summed E-state index contributed by atoms with van der Waals surface area (Å²) in [4.78, 5) is 25.2. The summed E-state index contributed by atoms with van der Waals surface area (Å²) in [6, 6.07) is 0.211. The summed E-state index contributed by atoms with van der Waals surface area (Å²) in [5.74, 6) is 0.629. The lowest BCUT2D eigenvalue weighted by Crippen LogP contribution is -2.59. The molecule has 1 aliphatic heterocycles. The van der Waals surface area contributed by atoms with E-state index >= 15 is 0 Å². The quantitative estimate of drug-likeness (QED) is 0.711. The zero-order chi connectivity index (χ0) is 17.5. The van der Waals surface area contributed by atoms with Crippen molar-refractivity contribution in [1.29, 1.82) is 0 Å². The van der Waals surface area contributed by atoms with E-state index in [1.165, 1.54) is 6.92 Å². The Morgan fingerprint density at radius 1 is 1.22 bits per heavy atom. The first-order chi connectivity index (χ1) is 10.7. The third kappa shape index (κ3) is 7.44. The molecule has 1 aliphatic rings. The lowest BCUT2D eigenvalue weighted by atomic mass is 9.98. The van der Waals surface area contributed by atoms with Crippen LogP contribution in [0.4, 0.5) is 4.79 Å². The second kappa shape index (κ2) is 9.37. The molecule has 136 valence electrons. The molecule has 0 unspecified atom stereocenters. The zero-order valence-electron chi connectivity index (χ0n) is 15.1. The van der Waals surface area contributed by atoms with Crippen LogP contribution in [0.2, 0.25) is 0 Å². The molecular weight excluding hydrogens is 316 g/mol. The molecule has 0 aliphatic carbocycles. The molecule has 6 nitrogen and oxygen atoms in total. The molecule has 7 heteroatoms. The number of hydrogen-bond acceptors (Lipinski definition) is 5. The van der Waals surface area contributed by atoms with Gasteiger partial charge in [-0.25, -0.2) is 14.8 Å². The second-order valence-electron chi connectivity index (χ2n) is 6.77. The van der Waals surface area contributed by atoms with E-state index in [9.17, 15) is 9.59 Å². The van der Waals surface area contributed by atoms with Crippen molar-refractivity contribution in [3.8, 4) is 0 Å². The molecule has 1 heterocycles. The van der Waals surface area contributed by atoms with Crippen LogP contribution in [0.1, 0.15) is 26.7 Å². The summed E-state index contributed by atoms with van der Waals surface area (Å²) in [7, 11) is -0.669. The van der Waals surface area contributed by atoms with Gasteiger partial charge in [0, 0.05) is 38.2 Å². The fourth-order valence-corrected chi connectivity index (χ4v) is 3.26. The van der Waals surface area contributed by atoms with Crippen LogP contribution in [0.3, 0.4) is 0 Å². The number of piperazine rings is 1. The van der Waals surface area contributed by atoms with Gasteiger partial charge in [-0.3, -0.25) is 4.79 Å². The van der Waals surface area contributed by atoms with E-state index < -0.39 is 10.0 Å². The van der Waals surface area contributed by atoms with Crippen molar-refractivity contribution in [3.63, 3.8) is 0 Å². The fourth-order valence-electron chi connectivity index (χ4n) is 2.67. The Morgan fingerprint density at radius 2 is 1.91 bits per heavy atom. The van der Waals surface area contributed by atoms with Gasteiger partial charge in [-0.15, -0.1) is 0 Å². The highest BCUT2D eigenvalue weighted by molar-refractivity contribution is 8.32. The van der Waals surface area contributed by atoms with Crippen molar-refractivity contribution < 1.29 is 19.1 Å². The normalized spacial score (nSPS) is 22.6. The van der Waals surface area contributed by atoms with E-state index in [-0.39, 0.29) is 24.1 Å². The third-order valence-electron chi connectivity index (χ3n) is 3.94. The SMILES string of the molecule is CC[C@@H]1NCCN(C(=O)OCCS(C)(C)C)[C@@H]1CCOC(C)=O. The molecule has 0 aromatic rings. The van der Waals surface area contributed by atoms with Crippen LogP contribution in [0.5, 0.6) is 0 Å². The van der Waals surface area contributed by atoms with Crippen molar-refractivity contribution in [1.82, 2.24) is 10.2 Å². The molecule has 0 bridgehead atoms. The Hall–Kier alpha value is -0.950. The van der Waals surface area contributed by atoms with Crippen LogP contribution in [0, 0.1) is 0 Å². The first kappa shape index (κ1) is 20.1. The first-order valence-corrected chi connectivity index (χ1v) is 11.2. The van der Waals surface area contributed by atoms with E-state index in [2.05, 4.69) is 31.0 Å². The minimum atomic E-state index is -0.669. The predicted molar refractivity (Wildman–Crippen MR) is 95.4 cm³/mol. The Bertz CT molecular complexity index is 398. The maximum atomic E-state index is 12.4. The van der Waals surface area contributed by atoms with Crippen molar-refractivity contribution >= 4 is 22.1 Å². The molecule has 23 heavy (non-hydrogen) atoms. The molecule has 1 saturated heterocycles. The summed E-state index contributed by atoms with van der Waals surface area (Å²) in [6.45, 7) is 5.68. The topological polar surface area (TPSA) is 67.9 Å². The molecule has 1 N–H and O–H groups in total. The maximum Gasteiger partial charge on any atom is 0.410 e. The molecule has 0 saturated carbocycles. The number of carbonyl (C=O) groups is 2. The third-order valence-corrected chi connectivity index (χ3v) is 5.33. The van der Waals surface area contributed by atoms with E-state index in [0.717, 1.165) is 18.7 Å². The summed E-state index contributed by atoms with van der Waals surface area (Å²) in [5, 5.41) is 3.44. The van der Waals surface area contributed by atoms with E-state index in [0.29, 0.717) is 26.2 Å². The number of esters is 1. The smallest absolute Gasteiger partial charge is 0.410 e. The van der Waals surface area contributed by atoms with Gasteiger partial charge in [0.1, 0.15) is 6.61 Å². The minimum Gasteiger partial charge on any atom is -0.466 e. The van der Waals surface area contributed by atoms with Crippen LogP contribution in [-0.2, 0) is 14.3 Å². The number of hydrogen-bond donors (Lipinski definition) is 1. The summed E-state index contributed by atoms with van der Waals surface area (Å²) in [5.41, 5.74) is 0. The van der Waals surface area contributed by atoms with Crippen LogP contribution in [0.15, 0.2) is 0 Å². The van der Waals surface area contributed by atoms with Crippen LogP contribution in [-0.4, -0.2) is 79.9 Å². The molecule has 0 aromatic carbocycles. The first-order valence-electron chi connectivity index (χ1n) is 8.20. The standard InChI is InChI=1S/C16H32N2O4S/c1-6-14-15(7-10-21-13(2)19)18(9-8-17-14)16(20)22-11-12-23(3,4)5/h14-15,17H,6-12H2,1-5H3/t14-,15+/m0/s1. The Kier molecular flexibility index (Phi) is 8.19. The van der Waals surface area contributed by atoms with Crippen LogP contribution >= 0.6 is 10.0 Å². The van der Waals surface area contributed by atoms with Crippen LogP contribution in [0.25, 0.3) is 0 Å². The molecule has 1 rings (SSSR count). The van der Waals surface area contributed by atoms with Gasteiger partial charge >= 0.3 is 12.1 Å². The largest absolute Gasteiger partial charge is 0.466 e. The van der Waals surface area contributed by atoms with E-state index in [1.807, 2.05) is 0 Å². The molecule has 0 radical (unpaired) electrons. The molecule has 0 aromatic heterocycles. The molecule has 1 amide bonds. The monoisotopic (exact) mass is 348 g/mol. The zero-order valence-corrected chi connectivity index (χ0v) is 15.9. The van der Waals surface area contributed by atoms with Gasteiger partial charge in [0.15, 0.2) is 0 Å². The molecule has 0 spiro atoms. The number of nitrogens with one attached hydrogen (secondary N) is 1. The van der Waals surface area contributed by atoms with Crippen molar-refractivity contribution in [3.05, 3.63) is 0 Å². The number of amides is 1. The van der Waals surface area contributed by atoms with Gasteiger partial charge in [0.05, 0.1) is 12.6 Å². The maximum absolute atomic E-state index is 12.4. The van der Waals surface area contributed by atoms with E-state index in [4.69, 9.17) is 9.47 Å². The summed E-state index contributed by atoms with van der Waals surface area (Å²) >= 11 is 0. The second-order valence-corrected chi connectivity index (χ2v) is 11.4. The lowest BCUT2D eigenvalue weighted by Gasteiger charge is -2.41. The highest BCUT2D eigenvalue weighted by atomic mass is 32.3. The molecule has 2 atom stereocenters. The number of ether oxygens (including phenoxy) is 2. The minimum absolute atomic E-state index is 0.00239. The van der Waals surface area contributed by atoms with Gasteiger partial charge in [-0.05, 0) is 25.2 Å². The van der Waals surface area contributed by atoms with Crippen molar-refractivity contribution in [2.45, 2.75) is 38.8 Å². The van der Waals surface area contributed by atoms with Crippen molar-refractivity contribution in [2.24, 2.45) is 0 Å². The Morgan fingerprint density at radius 3 is 2.48 bits per heavy atom. The van der Waals surface area contributed by atoms with E-state index in [1.54, 1.807) is 4.90 Å². The highest BCUT2D eigenvalue weighted by Gasteiger charge is 2.34. The van der Waals surface area contributed by atoms with Gasteiger partial charge in [0.2, 0.25) is 0 Å². The Labute approximate surface area is 141 Å². The fraction of sp³-hybridized carbons (Fsp3) is 0.875. The van der Waals surface area contributed by atoms with Gasteiger partial charge < -0.3 is 19.7 Å². The molecule has 1 fully saturated rings. The average Bonchev–Trinajstić information content (AvgIpc) is 2.45. The number of carbonyl (C=O) groups excluding carboxylic acids is 2. The van der Waals surface area contributed by atoms with Crippen molar-refractivity contribution in [2.75, 3.05) is 50.8 Å². The summed E-state index contributed by atoms with van der Waals surface area (Å²) < 4.78 is 10.5. The van der Waals surface area contributed by atoms with Gasteiger partial charge in [-0.1, -0.05) is 6.92 Å². The summed E-state index contributed by atoms with van der Waals surface area (Å²) in [6.07, 6.45) is 7.93. The highest BCUT2D eigenvalue weighted by Crippen LogP contribution is 2.33. The lowest BCUT2D eigenvalue weighted by molar-refractivity contribution is -0.141. The van der Waals surface area contributed by atoms with Gasteiger partial charge in [0.25, 0.3) is 0 Å². The van der Waals surface area contributed by atoms with Gasteiger partial charge in [-0.2, -0.15) is 0 Å². The number of nitrogens with zero attached hydrogens (tertiary/aromatic N) is 1. The predicted octanol–water partition coefficient (Wildman–Crippen LogP) is 1.82. The Balaban J connectivity index is 2.59. The average molecular weight is 349 g/mol. The van der Waals surface area contributed by atoms with Crippen LogP contribution < -0.4 is 5.32 Å². The number of rotatable bonds is 7. The molecular formula is C16H32N2O4S.